The van der Waals surface area contributed by atoms with Crippen molar-refractivity contribution in [2.45, 2.75) is 51.0 Å². The lowest BCUT2D eigenvalue weighted by atomic mass is 9.85. The number of carbonyl (C=O) groups is 4. The van der Waals surface area contributed by atoms with E-state index in [4.69, 9.17) is 11.6 Å². The van der Waals surface area contributed by atoms with Crippen molar-refractivity contribution < 1.29 is 36.7 Å². The molecular formula is C28H29ClF4N4O4. The van der Waals surface area contributed by atoms with Crippen molar-refractivity contribution in [2.75, 3.05) is 20.1 Å². The number of rotatable bonds is 6. The van der Waals surface area contributed by atoms with Gasteiger partial charge >= 0.3 is 12.2 Å². The predicted molar refractivity (Wildman–Crippen MR) is 141 cm³/mol. The number of nitrogens with zero attached hydrogens (tertiary/aromatic N) is 3. The van der Waals surface area contributed by atoms with E-state index >= 15 is 0 Å². The number of urea groups is 1. The average molecular weight is 597 g/mol. The number of likely N-dealkylation sites (tertiary alicyclic amines) is 1. The van der Waals surface area contributed by atoms with Gasteiger partial charge < -0.3 is 15.1 Å². The standard InChI is InChI=1S/C28H29ClF4N4O4/c1-16(2)22(34-23(38)20-14-18(28(31,32)33)6-9-21(20)30)24(39)36-12-10-27(11-13-36)25(40)35(3)26(41)37(27)15-17-4-7-19(29)8-5-17/h4-9,14,16,22H,10-13,15H2,1-3H3,(H,34,38). The Morgan fingerprint density at radius 3 is 2.22 bits per heavy atom. The fourth-order valence-electron chi connectivity index (χ4n) is 5.26. The van der Waals surface area contributed by atoms with E-state index in [0.29, 0.717) is 23.2 Å². The van der Waals surface area contributed by atoms with Crippen LogP contribution < -0.4 is 5.32 Å². The molecule has 5 amide bonds. The van der Waals surface area contributed by atoms with Gasteiger partial charge in [0.05, 0.1) is 11.1 Å². The van der Waals surface area contributed by atoms with Crippen LogP contribution in [0.15, 0.2) is 42.5 Å². The molecule has 8 nitrogen and oxygen atoms in total. The maximum atomic E-state index is 14.3. The highest BCUT2D eigenvalue weighted by atomic mass is 35.5. The van der Waals surface area contributed by atoms with Gasteiger partial charge in [0.2, 0.25) is 5.91 Å². The van der Waals surface area contributed by atoms with Gasteiger partial charge in [0.25, 0.3) is 11.8 Å². The Labute approximate surface area is 239 Å². The van der Waals surface area contributed by atoms with E-state index < -0.39 is 58.5 Å². The van der Waals surface area contributed by atoms with Crippen molar-refractivity contribution in [2.24, 2.45) is 5.92 Å². The molecule has 13 heteroatoms. The summed E-state index contributed by atoms with van der Waals surface area (Å²) in [5, 5.41) is 2.92. The number of piperidine rings is 1. The molecule has 2 fully saturated rings. The second kappa shape index (κ2) is 11.3. The highest BCUT2D eigenvalue weighted by molar-refractivity contribution is 6.30. The molecule has 0 saturated carbocycles. The van der Waals surface area contributed by atoms with E-state index in [1.165, 1.54) is 16.8 Å². The molecule has 1 atom stereocenters. The van der Waals surface area contributed by atoms with Crippen LogP contribution in [0.1, 0.15) is 48.2 Å². The molecule has 1 spiro atoms. The largest absolute Gasteiger partial charge is 0.416 e. The SMILES string of the molecule is CC(C)C(NC(=O)c1cc(C(F)(F)F)ccc1F)C(=O)N1CCC2(CC1)C(=O)N(C)C(=O)N2Cc1ccc(Cl)cc1. The van der Waals surface area contributed by atoms with E-state index in [0.717, 1.165) is 10.5 Å². The molecule has 41 heavy (non-hydrogen) atoms. The van der Waals surface area contributed by atoms with Crippen LogP contribution in [0.3, 0.4) is 0 Å². The molecule has 220 valence electrons. The minimum Gasteiger partial charge on any atom is -0.341 e. The summed E-state index contributed by atoms with van der Waals surface area (Å²) in [6.07, 6.45) is -4.50. The first-order chi connectivity index (χ1) is 19.2. The molecule has 1 N–H and O–H groups in total. The van der Waals surface area contributed by atoms with E-state index in [2.05, 4.69) is 5.32 Å². The summed E-state index contributed by atoms with van der Waals surface area (Å²) in [5.41, 5.74) is -2.42. The monoisotopic (exact) mass is 596 g/mol. The van der Waals surface area contributed by atoms with E-state index in [1.54, 1.807) is 38.1 Å². The van der Waals surface area contributed by atoms with Crippen LogP contribution in [0.4, 0.5) is 22.4 Å². The lowest BCUT2D eigenvalue weighted by molar-refractivity contribution is -0.142. The zero-order chi connectivity index (χ0) is 30.3. The van der Waals surface area contributed by atoms with Crippen molar-refractivity contribution in [1.29, 1.82) is 0 Å². The third kappa shape index (κ3) is 5.88. The van der Waals surface area contributed by atoms with Gasteiger partial charge in [-0.3, -0.25) is 19.3 Å². The van der Waals surface area contributed by atoms with Gasteiger partial charge in [-0.05, 0) is 54.7 Å². The first-order valence-electron chi connectivity index (χ1n) is 13.0. The number of hydrogen-bond acceptors (Lipinski definition) is 4. The molecule has 0 aliphatic carbocycles. The Bertz CT molecular complexity index is 1360. The van der Waals surface area contributed by atoms with Crippen LogP contribution in [0.5, 0.6) is 0 Å². The molecule has 2 heterocycles. The van der Waals surface area contributed by atoms with Crippen molar-refractivity contribution >= 4 is 35.4 Å². The second-order valence-corrected chi connectivity index (χ2v) is 11.0. The van der Waals surface area contributed by atoms with Crippen LogP contribution in [-0.4, -0.2) is 70.2 Å². The molecule has 2 aromatic rings. The first-order valence-corrected chi connectivity index (χ1v) is 13.3. The topological polar surface area (TPSA) is 90.0 Å². The molecule has 4 rings (SSSR count). The summed E-state index contributed by atoms with van der Waals surface area (Å²) >= 11 is 5.97. The van der Waals surface area contributed by atoms with Crippen molar-refractivity contribution in [3.05, 3.63) is 70.0 Å². The van der Waals surface area contributed by atoms with E-state index in [1.807, 2.05) is 0 Å². The van der Waals surface area contributed by atoms with Gasteiger partial charge in [0, 0.05) is 31.7 Å². The molecule has 2 aliphatic heterocycles. The second-order valence-electron chi connectivity index (χ2n) is 10.6. The van der Waals surface area contributed by atoms with Crippen molar-refractivity contribution in [1.82, 2.24) is 20.0 Å². The van der Waals surface area contributed by atoms with Crippen LogP contribution >= 0.6 is 11.6 Å². The molecule has 0 bridgehead atoms. The number of hydrogen-bond donors (Lipinski definition) is 1. The Morgan fingerprint density at radius 1 is 1.05 bits per heavy atom. The molecule has 0 radical (unpaired) electrons. The summed E-state index contributed by atoms with van der Waals surface area (Å²) in [5.74, 6) is -3.69. The minimum atomic E-state index is -4.78. The number of alkyl halides is 3. The van der Waals surface area contributed by atoms with Gasteiger partial charge in [-0.1, -0.05) is 37.6 Å². The number of nitrogens with one attached hydrogen (secondary N) is 1. The van der Waals surface area contributed by atoms with Gasteiger partial charge in [-0.15, -0.1) is 0 Å². The summed E-state index contributed by atoms with van der Waals surface area (Å²) < 4.78 is 53.7. The fourth-order valence-corrected chi connectivity index (χ4v) is 5.38. The maximum Gasteiger partial charge on any atom is 0.416 e. The van der Waals surface area contributed by atoms with Gasteiger partial charge in [-0.25, -0.2) is 9.18 Å². The third-order valence-corrected chi connectivity index (χ3v) is 7.90. The van der Waals surface area contributed by atoms with Crippen LogP contribution in [0.2, 0.25) is 5.02 Å². The predicted octanol–water partition coefficient (Wildman–Crippen LogP) is 4.71. The number of amides is 5. The van der Waals surface area contributed by atoms with Gasteiger partial charge in [-0.2, -0.15) is 13.2 Å². The van der Waals surface area contributed by atoms with Crippen molar-refractivity contribution in [3.8, 4) is 0 Å². The summed E-state index contributed by atoms with van der Waals surface area (Å²) in [4.78, 5) is 56.6. The Morgan fingerprint density at radius 2 is 1.66 bits per heavy atom. The van der Waals surface area contributed by atoms with Crippen LogP contribution in [0, 0.1) is 11.7 Å². The molecule has 2 aliphatic rings. The van der Waals surface area contributed by atoms with Gasteiger partial charge in [0.1, 0.15) is 17.4 Å². The van der Waals surface area contributed by atoms with Gasteiger partial charge in [0.15, 0.2) is 0 Å². The van der Waals surface area contributed by atoms with Crippen LogP contribution in [-0.2, 0) is 22.3 Å². The Hall–Kier alpha value is -3.67. The number of carbonyl (C=O) groups excluding carboxylic acids is 4. The number of benzene rings is 2. The molecule has 0 aromatic heterocycles. The lowest BCUT2D eigenvalue weighted by Crippen LogP contribution is -2.60. The normalized spacial score (nSPS) is 17.9. The highest BCUT2D eigenvalue weighted by Crippen LogP contribution is 2.38. The Kier molecular flexibility index (Phi) is 8.35. The zero-order valence-corrected chi connectivity index (χ0v) is 23.4. The highest BCUT2D eigenvalue weighted by Gasteiger charge is 2.57. The molecule has 1 unspecified atom stereocenters. The summed E-state index contributed by atoms with van der Waals surface area (Å²) in [6, 6.07) is 6.75. The molecule has 2 aromatic carbocycles. The smallest absolute Gasteiger partial charge is 0.341 e. The van der Waals surface area contributed by atoms with Crippen LogP contribution in [0.25, 0.3) is 0 Å². The van der Waals surface area contributed by atoms with E-state index in [9.17, 15) is 36.7 Å². The minimum absolute atomic E-state index is 0.0832. The number of halogens is 5. The first kappa shape index (κ1) is 30.3. The number of imide groups is 1. The fraction of sp³-hybridized carbons (Fsp3) is 0.429. The zero-order valence-electron chi connectivity index (χ0n) is 22.6. The Balaban J connectivity index is 1.50. The quantitative estimate of drug-likeness (QED) is 0.386. The average Bonchev–Trinajstić information content (AvgIpc) is 3.08. The summed E-state index contributed by atoms with van der Waals surface area (Å²) in [6.45, 7) is 3.60. The number of likely N-dealkylation sites (N-methyl/N-ethyl adjacent to an activating group) is 1. The van der Waals surface area contributed by atoms with Crippen molar-refractivity contribution in [3.63, 3.8) is 0 Å². The lowest BCUT2D eigenvalue weighted by Gasteiger charge is -2.43. The summed E-state index contributed by atoms with van der Waals surface area (Å²) in [7, 11) is 1.41. The molecular weight excluding hydrogens is 568 g/mol. The maximum absolute atomic E-state index is 14.3. The third-order valence-electron chi connectivity index (χ3n) is 7.65. The molecule has 2 saturated heterocycles. The van der Waals surface area contributed by atoms with E-state index in [-0.39, 0.29) is 38.4 Å².